The van der Waals surface area contributed by atoms with E-state index in [2.05, 4.69) is 42.5 Å². The summed E-state index contributed by atoms with van der Waals surface area (Å²) in [6.45, 7) is 6.91. The molecule has 0 aliphatic rings. The van der Waals surface area contributed by atoms with E-state index in [1.807, 2.05) is 0 Å². The summed E-state index contributed by atoms with van der Waals surface area (Å²) in [4.78, 5) is 110. The van der Waals surface area contributed by atoms with Crippen LogP contribution in [0.1, 0.15) is 53.0 Å². The van der Waals surface area contributed by atoms with Gasteiger partial charge in [-0.05, 0) is 57.2 Å². The van der Waals surface area contributed by atoms with E-state index in [0.29, 0.717) is 11.3 Å². The Morgan fingerprint density at radius 1 is 0.786 bits per heavy atom. The Morgan fingerprint density at radius 3 is 1.93 bits per heavy atom. The van der Waals surface area contributed by atoms with Gasteiger partial charge in [-0.3, -0.25) is 24.0 Å². The molecule has 0 radical (unpaired) electrons. The van der Waals surface area contributed by atoms with Gasteiger partial charge in [0.05, 0.1) is 13.1 Å². The number of nitrogens with two attached hydrogens (primary N) is 1. The van der Waals surface area contributed by atoms with E-state index in [9.17, 15) is 43.2 Å². The first-order valence-electron chi connectivity index (χ1n) is 17.5. The molecule has 0 heterocycles. The van der Waals surface area contributed by atoms with Crippen LogP contribution in [0.5, 0.6) is 0 Å². The Balaban J connectivity index is 2.77. The predicted molar refractivity (Wildman–Crippen MR) is 200 cm³/mol. The van der Waals surface area contributed by atoms with Crippen LogP contribution in [0.3, 0.4) is 0 Å². The quantitative estimate of drug-likeness (QED) is 0.0691. The zero-order valence-corrected chi connectivity index (χ0v) is 32.4. The highest BCUT2D eigenvalue weighted by Gasteiger charge is 2.29. The minimum atomic E-state index is -1.22. The molecule has 0 fully saturated rings. The summed E-state index contributed by atoms with van der Waals surface area (Å²) in [5, 5.41) is 27.9. The first-order chi connectivity index (χ1) is 26.2. The molecular formula is C34H54N10O12. The molecule has 0 spiro atoms. The summed E-state index contributed by atoms with van der Waals surface area (Å²) >= 11 is 0. The zero-order valence-electron chi connectivity index (χ0n) is 32.4. The Morgan fingerprint density at radius 2 is 1.38 bits per heavy atom. The number of amides is 10. The number of carbonyl (C=O) groups excluding carboxylic acids is 8. The molecule has 1 rings (SSSR count). The van der Waals surface area contributed by atoms with Gasteiger partial charge in [-0.1, -0.05) is 26.0 Å². The van der Waals surface area contributed by atoms with Crippen LogP contribution in [0.25, 0.3) is 0 Å². The van der Waals surface area contributed by atoms with E-state index >= 15 is 0 Å². The van der Waals surface area contributed by atoms with Crippen molar-refractivity contribution in [3.63, 3.8) is 0 Å². The summed E-state index contributed by atoms with van der Waals surface area (Å²) < 4.78 is 10.2. The van der Waals surface area contributed by atoms with Crippen LogP contribution >= 0.6 is 0 Å². The Bertz CT molecular complexity index is 1530. The fourth-order valence-electron chi connectivity index (χ4n) is 4.35. The van der Waals surface area contributed by atoms with Gasteiger partial charge >= 0.3 is 24.3 Å². The zero-order chi connectivity index (χ0) is 42.4. The van der Waals surface area contributed by atoms with Crippen LogP contribution in [0, 0.1) is 5.92 Å². The number of carbonyl (C=O) groups is 9. The number of hydrogen-bond donors (Lipinski definition) is 10. The van der Waals surface area contributed by atoms with Crippen molar-refractivity contribution >= 4 is 59.5 Å². The molecule has 22 nitrogen and oxygen atoms in total. The third-order valence-corrected chi connectivity index (χ3v) is 7.17. The molecule has 1 aromatic rings. The Kier molecular flexibility index (Phi) is 20.5. The SMILES string of the molecule is CC(C)[C@H](NC(=O)CNC(=O)CNC(=O)CNC(=O)OC(C)(C)C)C(=O)N[C@@H](CCCNC(N)=O)C(=O)Nc1ccc(COC(=O)N(C)CCNC(=O)O)cc1. The van der Waals surface area contributed by atoms with Gasteiger partial charge in [0.1, 0.15) is 30.8 Å². The molecule has 56 heavy (non-hydrogen) atoms. The van der Waals surface area contributed by atoms with E-state index in [1.54, 1.807) is 58.9 Å². The lowest BCUT2D eigenvalue weighted by atomic mass is 10.0. The lowest BCUT2D eigenvalue weighted by Gasteiger charge is -2.25. The van der Waals surface area contributed by atoms with Crippen LogP contribution in [0.15, 0.2) is 24.3 Å². The van der Waals surface area contributed by atoms with E-state index in [1.165, 1.54) is 11.9 Å². The normalized spacial score (nSPS) is 11.8. The van der Waals surface area contributed by atoms with Crippen molar-refractivity contribution in [3.8, 4) is 0 Å². The maximum absolute atomic E-state index is 13.4. The second-order valence-electron chi connectivity index (χ2n) is 13.6. The maximum Gasteiger partial charge on any atom is 0.409 e. The molecule has 0 bridgehead atoms. The second kappa shape index (κ2) is 24.1. The van der Waals surface area contributed by atoms with Crippen molar-refractivity contribution < 1.29 is 57.7 Å². The van der Waals surface area contributed by atoms with E-state index in [0.717, 1.165) is 0 Å². The first-order valence-corrected chi connectivity index (χ1v) is 17.5. The topological polar surface area (TPSA) is 318 Å². The van der Waals surface area contributed by atoms with Gasteiger partial charge in [-0.2, -0.15) is 0 Å². The molecule has 1 aromatic carbocycles. The molecule has 11 N–H and O–H groups in total. The number of primary amides is 1. The molecule has 0 aliphatic heterocycles. The van der Waals surface area contributed by atoms with Crippen molar-refractivity contribution in [1.82, 2.24) is 42.1 Å². The van der Waals surface area contributed by atoms with Gasteiger partial charge in [0, 0.05) is 32.4 Å². The van der Waals surface area contributed by atoms with Crippen LogP contribution in [-0.2, 0) is 40.1 Å². The van der Waals surface area contributed by atoms with Gasteiger partial charge in [0.2, 0.25) is 29.5 Å². The summed E-state index contributed by atoms with van der Waals surface area (Å²) in [5.41, 5.74) is 5.29. The fraction of sp³-hybridized carbons (Fsp3) is 0.559. The number of carboxylic acid groups (broad SMARTS) is 1. The molecule has 0 aromatic heterocycles. The van der Waals surface area contributed by atoms with Crippen molar-refractivity contribution in [2.75, 3.05) is 51.6 Å². The maximum atomic E-state index is 13.4. The third-order valence-electron chi connectivity index (χ3n) is 7.17. The molecule has 0 aliphatic carbocycles. The average Bonchev–Trinajstić information content (AvgIpc) is 3.10. The smallest absolute Gasteiger partial charge is 0.409 e. The monoisotopic (exact) mass is 794 g/mol. The predicted octanol–water partition coefficient (Wildman–Crippen LogP) is -0.708. The third kappa shape index (κ3) is 21.4. The number of ether oxygens (including phenoxy) is 2. The van der Waals surface area contributed by atoms with Crippen molar-refractivity contribution in [2.24, 2.45) is 11.7 Å². The van der Waals surface area contributed by atoms with Crippen molar-refractivity contribution in [1.29, 1.82) is 0 Å². The van der Waals surface area contributed by atoms with Crippen LogP contribution in [0.2, 0.25) is 0 Å². The number of anilines is 1. The molecule has 22 heteroatoms. The number of alkyl carbamates (subject to hydrolysis) is 1. The second-order valence-corrected chi connectivity index (χ2v) is 13.6. The van der Waals surface area contributed by atoms with Crippen molar-refractivity contribution in [2.45, 2.75) is 71.8 Å². The number of benzene rings is 1. The highest BCUT2D eigenvalue weighted by Crippen LogP contribution is 2.13. The van der Waals surface area contributed by atoms with Gasteiger partial charge in [-0.25, -0.2) is 19.2 Å². The highest BCUT2D eigenvalue weighted by atomic mass is 16.6. The highest BCUT2D eigenvalue weighted by molar-refractivity contribution is 5.98. The van der Waals surface area contributed by atoms with E-state index < -0.39 is 97.1 Å². The fourth-order valence-corrected chi connectivity index (χ4v) is 4.35. The van der Waals surface area contributed by atoms with Crippen LogP contribution < -0.4 is 48.3 Å². The Labute approximate surface area is 324 Å². The van der Waals surface area contributed by atoms with Crippen molar-refractivity contribution in [3.05, 3.63) is 29.8 Å². The minimum Gasteiger partial charge on any atom is -0.465 e. The number of rotatable bonds is 21. The molecule has 0 unspecified atom stereocenters. The lowest BCUT2D eigenvalue weighted by Crippen LogP contribution is -2.56. The number of nitrogens with zero attached hydrogens (tertiary/aromatic N) is 1. The molecule has 10 amide bonds. The largest absolute Gasteiger partial charge is 0.465 e. The van der Waals surface area contributed by atoms with Gasteiger partial charge < -0.3 is 67.7 Å². The Hall–Kier alpha value is -6.35. The molecule has 2 atom stereocenters. The van der Waals surface area contributed by atoms with Gasteiger partial charge in [-0.15, -0.1) is 0 Å². The minimum absolute atomic E-state index is 0.0228. The molecule has 312 valence electrons. The summed E-state index contributed by atoms with van der Waals surface area (Å²) in [6.07, 6.45) is -2.40. The standard InChI is InChI=1S/C34H54N10O12/c1-20(2)27(43-26(47)18-39-24(45)16-38-25(46)17-40-32(53)56-34(3,4)5)29(49)42-23(8-7-13-36-30(35)50)28(48)41-22-11-9-21(10-12-22)19-55-33(54)44(6)15-14-37-31(51)52/h9-12,20,23,27,37H,7-8,13-19H2,1-6H3,(H,38,46)(H,39,45)(H,40,53)(H,41,48)(H,42,49)(H,43,47)(H,51,52)(H3,35,36,50)/t23-,27-/m0/s1. The number of hydrogen-bond acceptors (Lipinski definition) is 11. The van der Waals surface area contributed by atoms with Crippen LogP contribution in [-0.4, -0.2) is 128 Å². The first kappa shape index (κ1) is 47.7. The number of nitrogens with one attached hydrogen (secondary N) is 8. The summed E-state index contributed by atoms with van der Waals surface area (Å²) in [5.74, 6) is -3.91. The summed E-state index contributed by atoms with van der Waals surface area (Å²) in [6, 6.07) is 3.26. The van der Waals surface area contributed by atoms with Gasteiger partial charge in [0.15, 0.2) is 0 Å². The molecule has 0 saturated heterocycles. The number of likely N-dealkylation sites (N-methyl/N-ethyl adjacent to an activating group) is 1. The molecule has 0 saturated carbocycles. The average molecular weight is 795 g/mol. The van der Waals surface area contributed by atoms with Gasteiger partial charge in [0.25, 0.3) is 0 Å². The lowest BCUT2D eigenvalue weighted by molar-refractivity contribution is -0.132. The van der Waals surface area contributed by atoms with Crippen LogP contribution in [0.4, 0.5) is 24.9 Å². The molecular weight excluding hydrogens is 740 g/mol. The van der Waals surface area contributed by atoms with E-state index in [-0.39, 0.29) is 39.1 Å². The summed E-state index contributed by atoms with van der Waals surface area (Å²) in [7, 11) is 1.45. The van der Waals surface area contributed by atoms with E-state index in [4.69, 9.17) is 20.3 Å². The number of urea groups is 1.